The molecule has 1 aliphatic heterocycles. The van der Waals surface area contributed by atoms with E-state index in [4.69, 9.17) is 0 Å². The van der Waals surface area contributed by atoms with E-state index in [0.29, 0.717) is 12.4 Å². The summed E-state index contributed by atoms with van der Waals surface area (Å²) in [5, 5.41) is 6.10. The molecule has 0 aromatic carbocycles. The SMILES string of the molecule is CC(C)(C)C1=C(C=O)NCN1. The lowest BCUT2D eigenvalue weighted by Gasteiger charge is -2.20. The Morgan fingerprint density at radius 3 is 2.36 bits per heavy atom. The molecule has 1 aliphatic rings. The minimum atomic E-state index is 0.0275. The van der Waals surface area contributed by atoms with Crippen LogP contribution in [-0.2, 0) is 4.79 Å². The summed E-state index contributed by atoms with van der Waals surface area (Å²) in [6.45, 7) is 6.89. The van der Waals surface area contributed by atoms with Gasteiger partial charge in [-0.2, -0.15) is 0 Å². The number of rotatable bonds is 1. The molecule has 0 aromatic heterocycles. The van der Waals surface area contributed by atoms with Crippen LogP contribution in [0.4, 0.5) is 0 Å². The van der Waals surface area contributed by atoms with Gasteiger partial charge in [0.25, 0.3) is 0 Å². The molecular formula is C8H14N2O. The molecule has 0 radical (unpaired) electrons. The Kier molecular flexibility index (Phi) is 1.89. The van der Waals surface area contributed by atoms with Gasteiger partial charge >= 0.3 is 0 Å². The third-order valence-corrected chi connectivity index (χ3v) is 1.68. The number of carbonyl (C=O) groups excluding carboxylic acids is 1. The van der Waals surface area contributed by atoms with Crippen LogP contribution in [0.2, 0.25) is 0 Å². The van der Waals surface area contributed by atoms with Crippen LogP contribution in [0, 0.1) is 5.41 Å². The van der Waals surface area contributed by atoms with Crippen LogP contribution in [-0.4, -0.2) is 13.0 Å². The van der Waals surface area contributed by atoms with Gasteiger partial charge in [0.1, 0.15) is 0 Å². The first-order chi connectivity index (χ1) is 5.05. The Balaban J connectivity index is 2.92. The molecule has 0 bridgehead atoms. The predicted octanol–water partition coefficient (Wildman–Crippen LogP) is 0.593. The first-order valence-electron chi connectivity index (χ1n) is 3.73. The number of allylic oxidation sites excluding steroid dienone is 2. The van der Waals surface area contributed by atoms with E-state index in [-0.39, 0.29) is 5.41 Å². The molecule has 0 amide bonds. The highest BCUT2D eigenvalue weighted by Gasteiger charge is 2.24. The fourth-order valence-corrected chi connectivity index (χ4v) is 1.18. The Bertz CT molecular complexity index is 201. The van der Waals surface area contributed by atoms with Crippen LogP contribution < -0.4 is 10.6 Å². The highest BCUT2D eigenvalue weighted by atomic mass is 16.1. The van der Waals surface area contributed by atoms with Crippen molar-refractivity contribution in [2.24, 2.45) is 5.41 Å². The lowest BCUT2D eigenvalue weighted by molar-refractivity contribution is -0.105. The standard InChI is InChI=1S/C8H14N2O/c1-8(2,3)7-6(4-11)9-5-10-7/h4,9-10H,5H2,1-3H3. The highest BCUT2D eigenvalue weighted by molar-refractivity contribution is 5.74. The van der Waals surface area contributed by atoms with Crippen LogP contribution in [0.5, 0.6) is 0 Å². The van der Waals surface area contributed by atoms with Crippen molar-refractivity contribution < 1.29 is 4.79 Å². The smallest absolute Gasteiger partial charge is 0.167 e. The third-order valence-electron chi connectivity index (χ3n) is 1.68. The zero-order valence-corrected chi connectivity index (χ0v) is 7.19. The zero-order valence-electron chi connectivity index (χ0n) is 7.19. The van der Waals surface area contributed by atoms with Crippen molar-refractivity contribution in [2.75, 3.05) is 6.67 Å². The predicted molar refractivity (Wildman–Crippen MR) is 43.7 cm³/mol. The van der Waals surface area contributed by atoms with Gasteiger partial charge in [0, 0.05) is 11.1 Å². The molecule has 1 heterocycles. The van der Waals surface area contributed by atoms with Crippen molar-refractivity contribution in [3.8, 4) is 0 Å². The van der Waals surface area contributed by atoms with Gasteiger partial charge in [-0.05, 0) is 0 Å². The summed E-state index contributed by atoms with van der Waals surface area (Å²) in [7, 11) is 0. The number of hydrogen-bond acceptors (Lipinski definition) is 3. The highest BCUT2D eigenvalue weighted by Crippen LogP contribution is 2.25. The Morgan fingerprint density at radius 1 is 1.36 bits per heavy atom. The molecule has 0 fully saturated rings. The molecule has 2 N–H and O–H groups in total. The van der Waals surface area contributed by atoms with Gasteiger partial charge < -0.3 is 10.6 Å². The van der Waals surface area contributed by atoms with E-state index in [1.165, 1.54) is 0 Å². The van der Waals surface area contributed by atoms with Crippen LogP contribution in [0.3, 0.4) is 0 Å². The molecule has 3 nitrogen and oxygen atoms in total. The van der Waals surface area contributed by atoms with Gasteiger partial charge in [-0.25, -0.2) is 0 Å². The average Bonchev–Trinajstić information content (AvgIpc) is 2.31. The summed E-state index contributed by atoms with van der Waals surface area (Å²) in [6, 6.07) is 0. The second kappa shape index (κ2) is 2.57. The molecule has 0 aliphatic carbocycles. The summed E-state index contributed by atoms with van der Waals surface area (Å²) in [4.78, 5) is 10.5. The van der Waals surface area contributed by atoms with E-state index < -0.39 is 0 Å². The van der Waals surface area contributed by atoms with Crippen molar-refractivity contribution in [3.63, 3.8) is 0 Å². The van der Waals surface area contributed by atoms with Crippen molar-refractivity contribution >= 4 is 6.29 Å². The molecule has 0 saturated heterocycles. The topological polar surface area (TPSA) is 41.1 Å². The van der Waals surface area contributed by atoms with Crippen molar-refractivity contribution in [1.29, 1.82) is 0 Å². The largest absolute Gasteiger partial charge is 0.369 e. The second-order valence-electron chi connectivity index (χ2n) is 3.69. The zero-order chi connectivity index (χ0) is 8.48. The molecule has 1 rings (SSSR count). The number of hydrogen-bond donors (Lipinski definition) is 2. The normalized spacial score (nSPS) is 17.7. The first-order valence-corrected chi connectivity index (χ1v) is 3.73. The minimum absolute atomic E-state index is 0.0275. The third kappa shape index (κ3) is 1.53. The van der Waals surface area contributed by atoms with E-state index in [0.717, 1.165) is 12.0 Å². The summed E-state index contributed by atoms with van der Waals surface area (Å²) in [5.74, 6) is 0. The first kappa shape index (κ1) is 8.11. The van der Waals surface area contributed by atoms with Crippen LogP contribution >= 0.6 is 0 Å². The summed E-state index contributed by atoms with van der Waals surface area (Å²) < 4.78 is 0. The fraction of sp³-hybridized carbons (Fsp3) is 0.625. The van der Waals surface area contributed by atoms with Gasteiger partial charge in [0.05, 0.1) is 12.4 Å². The van der Waals surface area contributed by atoms with Gasteiger partial charge in [-0.15, -0.1) is 0 Å². The molecule has 0 aromatic rings. The van der Waals surface area contributed by atoms with Crippen LogP contribution in [0.15, 0.2) is 11.4 Å². The Labute approximate surface area is 66.9 Å². The van der Waals surface area contributed by atoms with Crippen molar-refractivity contribution in [1.82, 2.24) is 10.6 Å². The van der Waals surface area contributed by atoms with E-state index in [9.17, 15) is 4.79 Å². The molecular weight excluding hydrogens is 140 g/mol. The van der Waals surface area contributed by atoms with Gasteiger partial charge in [0.2, 0.25) is 0 Å². The summed E-state index contributed by atoms with van der Waals surface area (Å²) in [6.07, 6.45) is 0.862. The number of nitrogens with one attached hydrogen (secondary N) is 2. The second-order valence-corrected chi connectivity index (χ2v) is 3.69. The fourth-order valence-electron chi connectivity index (χ4n) is 1.18. The van der Waals surface area contributed by atoms with Crippen LogP contribution in [0.25, 0.3) is 0 Å². The average molecular weight is 154 g/mol. The lowest BCUT2D eigenvalue weighted by atomic mass is 9.91. The number of carbonyl (C=O) groups is 1. The van der Waals surface area contributed by atoms with E-state index in [1.807, 2.05) is 0 Å². The van der Waals surface area contributed by atoms with Crippen LogP contribution in [0.1, 0.15) is 20.8 Å². The molecule has 0 spiro atoms. The quantitative estimate of drug-likeness (QED) is 0.543. The summed E-state index contributed by atoms with van der Waals surface area (Å²) >= 11 is 0. The van der Waals surface area contributed by atoms with Gasteiger partial charge in [-0.1, -0.05) is 20.8 Å². The van der Waals surface area contributed by atoms with E-state index in [1.54, 1.807) is 0 Å². The van der Waals surface area contributed by atoms with E-state index >= 15 is 0 Å². The molecule has 3 heteroatoms. The Hall–Kier alpha value is -0.990. The Morgan fingerprint density at radius 2 is 2.00 bits per heavy atom. The van der Waals surface area contributed by atoms with E-state index in [2.05, 4.69) is 31.4 Å². The van der Waals surface area contributed by atoms with Crippen molar-refractivity contribution in [3.05, 3.63) is 11.4 Å². The maximum absolute atomic E-state index is 10.5. The molecule has 0 atom stereocenters. The minimum Gasteiger partial charge on any atom is -0.369 e. The lowest BCUT2D eigenvalue weighted by Crippen LogP contribution is -2.22. The maximum atomic E-state index is 10.5. The molecule has 11 heavy (non-hydrogen) atoms. The van der Waals surface area contributed by atoms with Gasteiger partial charge in [-0.3, -0.25) is 4.79 Å². The number of aldehydes is 1. The monoisotopic (exact) mass is 154 g/mol. The molecule has 0 unspecified atom stereocenters. The van der Waals surface area contributed by atoms with Crippen molar-refractivity contribution in [2.45, 2.75) is 20.8 Å². The maximum Gasteiger partial charge on any atom is 0.167 e. The summed E-state index contributed by atoms with van der Waals surface area (Å²) in [5.41, 5.74) is 1.73. The molecule has 62 valence electrons. The van der Waals surface area contributed by atoms with Gasteiger partial charge in [0.15, 0.2) is 6.29 Å². The molecule has 0 saturated carbocycles.